The van der Waals surface area contributed by atoms with Crippen molar-refractivity contribution < 1.29 is 4.92 Å². The van der Waals surface area contributed by atoms with Crippen LogP contribution in [0.3, 0.4) is 0 Å². The Labute approximate surface area is 112 Å². The Hall–Kier alpha value is -1.82. The Bertz CT molecular complexity index is 458. The van der Waals surface area contributed by atoms with Crippen LogP contribution in [-0.2, 0) is 0 Å². The molecule has 0 unspecified atom stereocenters. The Morgan fingerprint density at radius 2 is 2.05 bits per heavy atom. The van der Waals surface area contributed by atoms with Gasteiger partial charge < -0.3 is 10.3 Å². The van der Waals surface area contributed by atoms with Crippen molar-refractivity contribution >= 4 is 17.1 Å². The van der Waals surface area contributed by atoms with Gasteiger partial charge in [0.2, 0.25) is 0 Å². The van der Waals surface area contributed by atoms with E-state index in [0.29, 0.717) is 17.4 Å². The van der Waals surface area contributed by atoms with Crippen LogP contribution in [0.25, 0.3) is 0 Å². The monoisotopic (exact) mass is 264 g/mol. The summed E-state index contributed by atoms with van der Waals surface area (Å²) < 4.78 is 0. The zero-order valence-corrected chi connectivity index (χ0v) is 11.1. The fraction of sp³-hybridized carbons (Fsp3) is 0.538. The maximum Gasteiger partial charge on any atom is 0.316 e. The number of hydrazine groups is 1. The van der Waals surface area contributed by atoms with E-state index in [2.05, 4.69) is 5.43 Å². The molecule has 1 aromatic rings. The molecule has 0 amide bonds. The summed E-state index contributed by atoms with van der Waals surface area (Å²) in [5.74, 6) is 5.36. The highest BCUT2D eigenvalue weighted by molar-refractivity contribution is 5.76. The number of hydrogen-bond donors (Lipinski definition) is 2. The molecule has 0 heterocycles. The average Bonchev–Trinajstić information content (AvgIpc) is 2.46. The van der Waals surface area contributed by atoms with E-state index >= 15 is 0 Å². The van der Waals surface area contributed by atoms with E-state index in [9.17, 15) is 10.1 Å². The van der Waals surface area contributed by atoms with E-state index in [-0.39, 0.29) is 10.6 Å². The predicted octanol–water partition coefficient (Wildman–Crippen LogP) is 2.65. The molecule has 1 aliphatic carbocycles. The third-order valence-corrected chi connectivity index (χ3v) is 3.86. The number of rotatable bonds is 4. The first-order valence-corrected chi connectivity index (χ1v) is 6.62. The summed E-state index contributed by atoms with van der Waals surface area (Å²) in [4.78, 5) is 12.9. The first-order valence-electron chi connectivity index (χ1n) is 6.62. The number of benzene rings is 1. The van der Waals surface area contributed by atoms with Gasteiger partial charge in [0.15, 0.2) is 0 Å². The summed E-state index contributed by atoms with van der Waals surface area (Å²) in [5.41, 5.74) is 3.44. The number of nitro benzene ring substituents is 1. The molecular weight excluding hydrogens is 244 g/mol. The van der Waals surface area contributed by atoms with Gasteiger partial charge in [-0.25, -0.2) is 0 Å². The van der Waals surface area contributed by atoms with Crippen LogP contribution in [0.15, 0.2) is 18.2 Å². The van der Waals surface area contributed by atoms with E-state index in [1.807, 2.05) is 11.9 Å². The van der Waals surface area contributed by atoms with Crippen LogP contribution < -0.4 is 16.2 Å². The lowest BCUT2D eigenvalue weighted by Crippen LogP contribution is -2.33. The number of nitro groups is 1. The highest BCUT2D eigenvalue weighted by atomic mass is 16.6. The maximum atomic E-state index is 11.3. The molecule has 19 heavy (non-hydrogen) atoms. The van der Waals surface area contributed by atoms with Crippen LogP contribution in [0.2, 0.25) is 0 Å². The molecule has 3 N–H and O–H groups in total. The first-order chi connectivity index (χ1) is 9.15. The molecule has 0 saturated heterocycles. The lowest BCUT2D eigenvalue weighted by atomic mass is 9.94. The van der Waals surface area contributed by atoms with Gasteiger partial charge >= 0.3 is 5.69 Å². The highest BCUT2D eigenvalue weighted by Crippen LogP contribution is 2.37. The van der Waals surface area contributed by atoms with Gasteiger partial charge in [-0.1, -0.05) is 25.3 Å². The van der Waals surface area contributed by atoms with Crippen LogP contribution in [-0.4, -0.2) is 18.0 Å². The van der Waals surface area contributed by atoms with E-state index < -0.39 is 0 Å². The van der Waals surface area contributed by atoms with Gasteiger partial charge in [0.1, 0.15) is 11.4 Å². The molecule has 1 saturated carbocycles. The van der Waals surface area contributed by atoms with E-state index in [4.69, 9.17) is 5.84 Å². The molecular formula is C13H20N4O2. The lowest BCUT2D eigenvalue weighted by molar-refractivity contribution is -0.383. The van der Waals surface area contributed by atoms with Crippen molar-refractivity contribution in [1.82, 2.24) is 0 Å². The summed E-state index contributed by atoms with van der Waals surface area (Å²) in [6, 6.07) is 5.57. The second-order valence-electron chi connectivity index (χ2n) is 4.98. The van der Waals surface area contributed by atoms with Crippen LogP contribution >= 0.6 is 0 Å². The second-order valence-corrected chi connectivity index (χ2v) is 4.98. The molecule has 0 aliphatic heterocycles. The van der Waals surface area contributed by atoms with Gasteiger partial charge in [-0.3, -0.25) is 16.0 Å². The second kappa shape index (κ2) is 5.88. The minimum absolute atomic E-state index is 0.0538. The van der Waals surface area contributed by atoms with Gasteiger partial charge in [0.05, 0.1) is 4.92 Å². The van der Waals surface area contributed by atoms with Crippen molar-refractivity contribution in [2.45, 2.75) is 38.1 Å². The SMILES string of the molecule is CN(c1cccc(NN)c1[N+](=O)[O-])C1CCCCC1. The number of para-hydroxylation sites is 1. The smallest absolute Gasteiger partial charge is 0.316 e. The third kappa shape index (κ3) is 2.78. The van der Waals surface area contributed by atoms with E-state index in [0.717, 1.165) is 12.8 Å². The summed E-state index contributed by atoms with van der Waals surface area (Å²) >= 11 is 0. The quantitative estimate of drug-likeness (QED) is 0.496. The summed E-state index contributed by atoms with van der Waals surface area (Å²) in [5, 5.41) is 11.3. The number of nitrogen functional groups attached to an aromatic ring is 1. The van der Waals surface area contributed by atoms with Gasteiger partial charge in [0, 0.05) is 13.1 Å². The minimum Gasteiger partial charge on any atom is -0.366 e. The minimum atomic E-state index is -0.371. The number of anilines is 2. The molecule has 6 nitrogen and oxygen atoms in total. The summed E-state index contributed by atoms with van der Waals surface area (Å²) in [7, 11) is 1.93. The fourth-order valence-electron chi connectivity index (χ4n) is 2.79. The molecule has 2 rings (SSSR count). The van der Waals surface area contributed by atoms with Crippen molar-refractivity contribution in [3.05, 3.63) is 28.3 Å². The molecule has 104 valence electrons. The van der Waals surface area contributed by atoms with Crippen LogP contribution in [0.5, 0.6) is 0 Å². The van der Waals surface area contributed by atoms with Crippen molar-refractivity contribution in [2.75, 3.05) is 17.4 Å². The van der Waals surface area contributed by atoms with Crippen molar-refractivity contribution in [2.24, 2.45) is 5.84 Å². The molecule has 0 radical (unpaired) electrons. The molecule has 1 fully saturated rings. The first kappa shape index (κ1) is 13.6. The van der Waals surface area contributed by atoms with Crippen LogP contribution in [0, 0.1) is 10.1 Å². The molecule has 0 aromatic heterocycles. The van der Waals surface area contributed by atoms with Crippen molar-refractivity contribution in [3.63, 3.8) is 0 Å². The Morgan fingerprint density at radius 1 is 1.37 bits per heavy atom. The van der Waals surface area contributed by atoms with Gasteiger partial charge in [-0.15, -0.1) is 0 Å². The number of nitrogens with zero attached hydrogens (tertiary/aromatic N) is 2. The molecule has 1 aromatic carbocycles. The van der Waals surface area contributed by atoms with Gasteiger partial charge in [-0.2, -0.15) is 0 Å². The molecule has 0 atom stereocenters. The van der Waals surface area contributed by atoms with Crippen molar-refractivity contribution in [1.29, 1.82) is 0 Å². The third-order valence-electron chi connectivity index (χ3n) is 3.86. The zero-order valence-electron chi connectivity index (χ0n) is 11.1. The van der Waals surface area contributed by atoms with E-state index in [1.165, 1.54) is 19.3 Å². The molecule has 0 spiro atoms. The summed E-state index contributed by atoms with van der Waals surface area (Å²) in [6.45, 7) is 0. The zero-order chi connectivity index (χ0) is 13.8. The Morgan fingerprint density at radius 3 is 2.63 bits per heavy atom. The fourth-order valence-corrected chi connectivity index (χ4v) is 2.79. The number of nitrogens with one attached hydrogen (secondary N) is 1. The Kier molecular flexibility index (Phi) is 4.21. The highest BCUT2D eigenvalue weighted by Gasteiger charge is 2.26. The molecule has 6 heteroatoms. The number of hydrogen-bond acceptors (Lipinski definition) is 5. The largest absolute Gasteiger partial charge is 0.366 e. The molecule has 1 aliphatic rings. The maximum absolute atomic E-state index is 11.3. The topological polar surface area (TPSA) is 84.4 Å². The average molecular weight is 264 g/mol. The number of nitrogens with two attached hydrogens (primary N) is 1. The van der Waals surface area contributed by atoms with Crippen LogP contribution in [0.4, 0.5) is 17.1 Å². The van der Waals surface area contributed by atoms with Gasteiger partial charge in [-0.05, 0) is 25.0 Å². The predicted molar refractivity (Wildman–Crippen MR) is 76.2 cm³/mol. The lowest BCUT2D eigenvalue weighted by Gasteiger charge is -2.32. The summed E-state index contributed by atoms with van der Waals surface area (Å²) in [6.07, 6.45) is 5.83. The Balaban J connectivity index is 2.34. The van der Waals surface area contributed by atoms with Crippen LogP contribution in [0.1, 0.15) is 32.1 Å². The van der Waals surface area contributed by atoms with Crippen molar-refractivity contribution in [3.8, 4) is 0 Å². The molecule has 0 bridgehead atoms. The normalized spacial score (nSPS) is 16.1. The van der Waals surface area contributed by atoms with E-state index in [1.54, 1.807) is 18.2 Å². The standard InChI is InChI=1S/C13H20N4O2/c1-16(10-6-3-2-4-7-10)12-9-5-8-11(15-14)13(12)17(18)19/h5,8-10,15H,2-4,6-7,14H2,1H3. The van der Waals surface area contributed by atoms with Gasteiger partial charge in [0.25, 0.3) is 0 Å².